The number of unbranched alkanes of at least 4 members (excludes halogenated alkanes) is 1. The summed E-state index contributed by atoms with van der Waals surface area (Å²) in [6.07, 6.45) is 11.7. The van der Waals surface area contributed by atoms with Gasteiger partial charge in [-0.05, 0) is 0 Å². The van der Waals surface area contributed by atoms with Crippen LogP contribution in [-0.2, 0) is 20.0 Å². The van der Waals surface area contributed by atoms with Gasteiger partial charge in [0.2, 0.25) is 0 Å². The minimum atomic E-state index is -2.35. The van der Waals surface area contributed by atoms with Gasteiger partial charge in [-0.15, -0.1) is 0 Å². The van der Waals surface area contributed by atoms with E-state index in [-0.39, 0.29) is 5.41 Å². The van der Waals surface area contributed by atoms with Gasteiger partial charge in [-0.25, -0.2) is 0 Å². The summed E-state index contributed by atoms with van der Waals surface area (Å²) in [7, 11) is 0. The fraction of sp³-hybridized carbons (Fsp3) is 0.389. The topological polar surface area (TPSA) is 0 Å². The third kappa shape index (κ3) is 4.21. The van der Waals surface area contributed by atoms with Crippen LogP contribution in [0.2, 0.25) is 16.2 Å². The van der Waals surface area contributed by atoms with Crippen molar-refractivity contribution in [2.45, 2.75) is 75.0 Å². The molecular weight excluding hydrogens is 611 g/mol. The van der Waals surface area contributed by atoms with Crippen LogP contribution in [0, 0.1) is 5.41 Å². The molecule has 1 heteroatoms. The zero-order valence-electron chi connectivity index (χ0n) is 23.1. The van der Waals surface area contributed by atoms with Crippen molar-refractivity contribution in [2.75, 3.05) is 0 Å². The molecule has 0 nitrogen and oxygen atoms in total. The van der Waals surface area contributed by atoms with Crippen LogP contribution in [0.25, 0.3) is 23.3 Å². The summed E-state index contributed by atoms with van der Waals surface area (Å²) < 4.78 is 5.84. The molecule has 0 radical (unpaired) electrons. The molecule has 1 heterocycles. The van der Waals surface area contributed by atoms with Crippen LogP contribution < -0.4 is 0 Å². The van der Waals surface area contributed by atoms with Gasteiger partial charge >= 0.3 is 230 Å². The number of hydrogen-bond acceptors (Lipinski definition) is 0. The molecule has 0 N–H and O–H groups in total. The van der Waals surface area contributed by atoms with Crippen molar-refractivity contribution in [2.24, 2.45) is 5.41 Å². The molecule has 3 aliphatic rings. The standard InChI is InChI=1S/C29H27.C4H9.C3H6.Hf/c1-4-29(3,28-20(2)19-22-13-8-9-14-24(22)28)27-18-17-25-23(15-10-16-26(25)27)21-11-6-5-7-12-21;1-3-4-2;1-3-2;/h5-19,27-28H,3-4H2,1-2H3;1,3-4H2,2H3;3H,1H2,2H3;. The monoisotopic (exact) mass is 654 g/mol. The molecule has 37 heavy (non-hydrogen) atoms. The number of rotatable bonds is 9. The Labute approximate surface area is 229 Å². The summed E-state index contributed by atoms with van der Waals surface area (Å²) in [5, 5.41) is 0. The van der Waals surface area contributed by atoms with E-state index in [0.717, 1.165) is 3.67 Å². The molecule has 0 spiro atoms. The van der Waals surface area contributed by atoms with E-state index >= 15 is 0 Å². The van der Waals surface area contributed by atoms with E-state index in [9.17, 15) is 0 Å². The zero-order chi connectivity index (χ0) is 25.6. The number of fused-ring (bicyclic) bond motifs is 2. The summed E-state index contributed by atoms with van der Waals surface area (Å²) in [5.41, 5.74) is 10.7. The van der Waals surface area contributed by atoms with E-state index in [1.807, 2.05) is 0 Å². The van der Waals surface area contributed by atoms with Gasteiger partial charge in [0.25, 0.3) is 0 Å². The van der Waals surface area contributed by atoms with Crippen LogP contribution in [0.15, 0.2) is 84.4 Å². The fourth-order valence-corrected chi connectivity index (χ4v) is 36.6. The molecule has 0 aromatic heterocycles. The quantitative estimate of drug-likeness (QED) is 0.202. The molecule has 1 fully saturated rings. The maximum atomic E-state index is 2.63. The van der Waals surface area contributed by atoms with Crippen molar-refractivity contribution < 1.29 is 20.0 Å². The molecular formula is C36H42Hf. The summed E-state index contributed by atoms with van der Waals surface area (Å²) in [6, 6.07) is 27.4. The van der Waals surface area contributed by atoms with E-state index in [1.54, 1.807) is 29.2 Å². The molecule has 0 amide bonds. The van der Waals surface area contributed by atoms with Crippen molar-refractivity contribution in [3.8, 4) is 11.1 Å². The first-order chi connectivity index (χ1) is 18.0. The van der Waals surface area contributed by atoms with Crippen LogP contribution in [0.1, 0.15) is 81.0 Å². The molecule has 1 saturated heterocycles. The third-order valence-electron chi connectivity index (χ3n) is 10.3. The van der Waals surface area contributed by atoms with Crippen LogP contribution in [0.3, 0.4) is 0 Å². The van der Waals surface area contributed by atoms with Crippen molar-refractivity contribution in [3.63, 3.8) is 0 Å². The molecule has 1 aliphatic heterocycles. The molecule has 5 atom stereocenters. The van der Waals surface area contributed by atoms with Gasteiger partial charge < -0.3 is 0 Å². The number of allylic oxidation sites excluding steroid dienone is 2. The van der Waals surface area contributed by atoms with Crippen LogP contribution in [0.4, 0.5) is 0 Å². The molecule has 190 valence electrons. The van der Waals surface area contributed by atoms with Crippen molar-refractivity contribution >= 4 is 12.2 Å². The predicted molar refractivity (Wildman–Crippen MR) is 158 cm³/mol. The van der Waals surface area contributed by atoms with E-state index in [2.05, 4.69) is 119 Å². The fourth-order valence-electron chi connectivity index (χ4n) is 8.31. The van der Waals surface area contributed by atoms with Crippen LogP contribution >= 0.6 is 0 Å². The summed E-state index contributed by atoms with van der Waals surface area (Å²) in [5.74, 6) is 1.02. The molecule has 2 aliphatic carbocycles. The van der Waals surface area contributed by atoms with Gasteiger partial charge in [0, 0.05) is 0 Å². The van der Waals surface area contributed by atoms with Gasteiger partial charge in [-0.2, -0.15) is 0 Å². The average molecular weight is 653 g/mol. The van der Waals surface area contributed by atoms with Crippen molar-refractivity contribution in [1.29, 1.82) is 0 Å². The van der Waals surface area contributed by atoms with Crippen LogP contribution in [0.5, 0.6) is 0 Å². The predicted octanol–water partition coefficient (Wildman–Crippen LogP) is 11.1. The van der Waals surface area contributed by atoms with E-state index in [1.165, 1.54) is 41.5 Å². The van der Waals surface area contributed by atoms with Crippen molar-refractivity contribution in [3.05, 3.63) is 107 Å². The summed E-state index contributed by atoms with van der Waals surface area (Å²) in [6.45, 7) is 9.97. The first kappa shape index (κ1) is 25.3. The van der Waals surface area contributed by atoms with Crippen molar-refractivity contribution in [1.82, 2.24) is 0 Å². The van der Waals surface area contributed by atoms with Gasteiger partial charge in [0.15, 0.2) is 0 Å². The first-order valence-electron chi connectivity index (χ1n) is 14.7. The Balaban J connectivity index is 1.50. The van der Waals surface area contributed by atoms with E-state index in [4.69, 9.17) is 0 Å². The Kier molecular flexibility index (Phi) is 6.81. The number of hydrogen-bond donors (Lipinski definition) is 0. The minimum absolute atomic E-state index is 0.268. The Morgan fingerprint density at radius 2 is 1.62 bits per heavy atom. The molecule has 3 aromatic rings. The molecule has 0 bridgehead atoms. The molecule has 3 aromatic carbocycles. The van der Waals surface area contributed by atoms with Crippen LogP contribution in [-0.4, -0.2) is 0 Å². The Morgan fingerprint density at radius 3 is 2.35 bits per heavy atom. The average Bonchev–Trinajstić information content (AvgIpc) is 3.22. The summed E-state index contributed by atoms with van der Waals surface area (Å²) >= 11 is -2.35. The third-order valence-corrected chi connectivity index (χ3v) is 31.5. The Morgan fingerprint density at radius 1 is 0.892 bits per heavy atom. The first-order valence-corrected chi connectivity index (χ1v) is 24.4. The van der Waals surface area contributed by atoms with Gasteiger partial charge in [0.1, 0.15) is 0 Å². The molecule has 6 rings (SSSR count). The zero-order valence-corrected chi connectivity index (χ0v) is 26.7. The van der Waals surface area contributed by atoms with Gasteiger partial charge in [0.05, 0.1) is 0 Å². The second-order valence-corrected chi connectivity index (χ2v) is 30.2. The summed E-state index contributed by atoms with van der Waals surface area (Å²) in [4.78, 5) is 0. The SMILES string of the molecule is CCC[CH2][Hf]1([CH2]C(CC)(C2C=Cc3c(-c4ccccc4)cccc32)C2C(C)=Cc3ccccc32)[CH2][CH]1C. The van der Waals surface area contributed by atoms with E-state index < -0.39 is 20.0 Å². The second kappa shape index (κ2) is 9.96. The second-order valence-electron chi connectivity index (χ2n) is 12.3. The molecule has 5 unspecified atom stereocenters. The van der Waals surface area contributed by atoms with E-state index in [0.29, 0.717) is 11.8 Å². The maximum absolute atomic E-state index is 2.63. The molecule has 0 saturated carbocycles. The Bertz CT molecular complexity index is 1350. The normalized spacial score (nSPS) is 26.9. The van der Waals surface area contributed by atoms with Gasteiger partial charge in [-0.3, -0.25) is 0 Å². The Hall–Kier alpha value is -1.99. The number of benzene rings is 3. The van der Waals surface area contributed by atoms with Gasteiger partial charge in [-0.1, -0.05) is 0 Å².